The van der Waals surface area contributed by atoms with E-state index in [0.29, 0.717) is 5.56 Å². The molecule has 0 N–H and O–H groups in total. The van der Waals surface area contributed by atoms with Crippen LogP contribution in [0, 0.1) is 13.8 Å². The Hall–Kier alpha value is -6.56. The van der Waals surface area contributed by atoms with E-state index in [1.54, 1.807) is 0 Å². The first-order valence-corrected chi connectivity index (χ1v) is 27.8. The van der Waals surface area contributed by atoms with Crippen molar-refractivity contribution in [3.8, 4) is 0 Å². The van der Waals surface area contributed by atoms with Crippen molar-refractivity contribution in [3.63, 3.8) is 0 Å². The standard InChI is InChI=1S/C69H70BN3S/c1-42-32-60-64-61(33-42)73(57-39-53-51(34-43(57)2)66(6,7)30-31-67(53,8)9)59-40-54-52(68(10,11)41-69(54,12)13)38-56(59)70(64)55-29-26-47(71(45-20-16-14-17-21-45)46-22-18-15-19-23-46)36-58(55)72(60)48-25-28-50-49-27-24-44(65(3,4)5)35-62(49)74-63(50)37-48/h14-29,32-40H,30-31,41H2,1-13H3/i1D3. The number of anilines is 9. The van der Waals surface area contributed by atoms with E-state index in [-0.39, 0.29) is 33.8 Å². The second-order valence-corrected chi connectivity index (χ2v) is 27.0. The van der Waals surface area contributed by atoms with Crippen molar-refractivity contribution in [1.82, 2.24) is 0 Å². The summed E-state index contributed by atoms with van der Waals surface area (Å²) in [6, 6.07) is 56.3. The molecule has 0 saturated carbocycles. The zero-order chi connectivity index (χ0) is 54.1. The SMILES string of the molecule is [2H]C([2H])([2H])c1cc2c3c(c1)N(c1cc4c(cc1C)C(C)(C)CCC4(C)C)c1cc4c(cc1B3c1ccc(N(c3ccccc3)c3ccccc3)cc1N2c1ccc2c(c1)sc1cc(C(C)(C)C)ccc12)C(C)(C)CC4(C)C. The predicted molar refractivity (Wildman–Crippen MR) is 322 cm³/mol. The minimum absolute atomic E-state index is 0.0184. The molecule has 0 saturated heterocycles. The van der Waals surface area contributed by atoms with E-state index in [1.165, 1.54) is 64.5 Å². The van der Waals surface area contributed by atoms with Crippen LogP contribution in [0.2, 0.25) is 0 Å². The molecule has 2 aliphatic heterocycles. The summed E-state index contributed by atoms with van der Waals surface area (Å²) in [4.78, 5) is 7.26. The molecule has 370 valence electrons. The molecule has 9 aromatic rings. The van der Waals surface area contributed by atoms with Gasteiger partial charge in [-0.3, -0.25) is 0 Å². The normalized spacial score (nSPS) is 18.2. The number of benzene rings is 8. The lowest BCUT2D eigenvalue weighted by atomic mass is 9.33. The summed E-state index contributed by atoms with van der Waals surface area (Å²) in [6.45, 7) is 25.8. The van der Waals surface area contributed by atoms with E-state index in [1.807, 2.05) is 23.5 Å². The summed E-state index contributed by atoms with van der Waals surface area (Å²) in [5, 5.41) is 2.48. The van der Waals surface area contributed by atoms with Gasteiger partial charge in [0.25, 0.3) is 6.71 Å². The van der Waals surface area contributed by atoms with Gasteiger partial charge in [0.1, 0.15) is 0 Å². The van der Waals surface area contributed by atoms with Gasteiger partial charge in [0.05, 0.1) is 0 Å². The zero-order valence-electron chi connectivity index (χ0n) is 48.4. The lowest BCUT2D eigenvalue weighted by Gasteiger charge is -2.46. The van der Waals surface area contributed by atoms with Crippen LogP contribution in [0.4, 0.5) is 51.2 Å². The van der Waals surface area contributed by atoms with Gasteiger partial charge in [0, 0.05) is 75.5 Å². The first kappa shape index (κ1) is 43.8. The van der Waals surface area contributed by atoms with Crippen LogP contribution in [-0.2, 0) is 27.1 Å². The Morgan fingerprint density at radius 1 is 0.514 bits per heavy atom. The van der Waals surface area contributed by atoms with Gasteiger partial charge in [0.2, 0.25) is 0 Å². The third-order valence-corrected chi connectivity index (χ3v) is 18.9. The molecule has 2 aliphatic carbocycles. The van der Waals surface area contributed by atoms with Crippen LogP contribution in [0.1, 0.15) is 138 Å². The van der Waals surface area contributed by atoms with Crippen LogP contribution >= 0.6 is 11.3 Å². The van der Waals surface area contributed by atoms with Crippen LogP contribution in [0.3, 0.4) is 0 Å². The monoisotopic (exact) mass is 987 g/mol. The number of nitrogens with zero attached hydrogens (tertiary/aromatic N) is 3. The van der Waals surface area contributed by atoms with Crippen LogP contribution < -0.4 is 31.1 Å². The molecule has 0 unspecified atom stereocenters. The lowest BCUT2D eigenvalue weighted by Crippen LogP contribution is -2.61. The number of para-hydroxylation sites is 2. The molecule has 0 radical (unpaired) electrons. The molecule has 5 heteroatoms. The number of fused-ring (bicyclic) bond motifs is 9. The zero-order valence-corrected chi connectivity index (χ0v) is 46.2. The van der Waals surface area contributed by atoms with Gasteiger partial charge in [-0.05, 0) is 194 Å². The molecule has 1 aromatic heterocycles. The van der Waals surface area contributed by atoms with E-state index in [4.69, 9.17) is 0 Å². The predicted octanol–water partition coefficient (Wildman–Crippen LogP) is 17.8. The van der Waals surface area contributed by atoms with Crippen molar-refractivity contribution in [3.05, 3.63) is 191 Å². The highest BCUT2D eigenvalue weighted by Gasteiger charge is 2.49. The maximum Gasteiger partial charge on any atom is 0.252 e. The topological polar surface area (TPSA) is 9.72 Å². The Balaban J connectivity index is 1.15. The molecule has 0 amide bonds. The van der Waals surface area contributed by atoms with E-state index < -0.39 is 6.85 Å². The van der Waals surface area contributed by atoms with Crippen molar-refractivity contribution in [1.29, 1.82) is 0 Å². The second kappa shape index (κ2) is 16.0. The Morgan fingerprint density at radius 2 is 1.07 bits per heavy atom. The lowest BCUT2D eigenvalue weighted by molar-refractivity contribution is 0.332. The number of thiophene rings is 1. The Labute approximate surface area is 449 Å². The highest BCUT2D eigenvalue weighted by Crippen LogP contribution is 2.55. The van der Waals surface area contributed by atoms with Gasteiger partial charge in [-0.15, -0.1) is 11.3 Å². The summed E-state index contributed by atoms with van der Waals surface area (Å²) in [6.07, 6.45) is 3.25. The average Bonchev–Trinajstić information content (AvgIpc) is 4.02. The van der Waals surface area contributed by atoms with Gasteiger partial charge in [-0.2, -0.15) is 0 Å². The molecule has 8 aromatic carbocycles. The Morgan fingerprint density at radius 3 is 1.70 bits per heavy atom. The second-order valence-electron chi connectivity index (χ2n) is 25.9. The summed E-state index contributed by atoms with van der Waals surface area (Å²) in [5.74, 6) is 0. The fourth-order valence-electron chi connectivity index (χ4n) is 14.0. The van der Waals surface area contributed by atoms with Crippen LogP contribution in [-0.4, -0.2) is 6.71 Å². The largest absolute Gasteiger partial charge is 0.311 e. The Bertz CT molecular complexity index is 3880. The number of rotatable bonds is 5. The number of hydrogen-bond acceptors (Lipinski definition) is 4. The summed E-state index contributed by atoms with van der Waals surface area (Å²) < 4.78 is 30.4. The summed E-state index contributed by atoms with van der Waals surface area (Å²) in [7, 11) is 0. The summed E-state index contributed by atoms with van der Waals surface area (Å²) in [5.41, 5.74) is 21.1. The van der Waals surface area contributed by atoms with Crippen molar-refractivity contribution in [2.45, 2.75) is 136 Å². The highest BCUT2D eigenvalue weighted by atomic mass is 32.1. The minimum atomic E-state index is -2.40. The molecular formula is C69H70BN3S. The molecule has 13 rings (SSSR count). The van der Waals surface area contributed by atoms with Crippen molar-refractivity contribution in [2.24, 2.45) is 0 Å². The van der Waals surface area contributed by atoms with Crippen LogP contribution in [0.5, 0.6) is 0 Å². The van der Waals surface area contributed by atoms with Gasteiger partial charge in [0.15, 0.2) is 0 Å². The van der Waals surface area contributed by atoms with Crippen molar-refractivity contribution >= 4 is 106 Å². The van der Waals surface area contributed by atoms with Gasteiger partial charge >= 0.3 is 0 Å². The van der Waals surface area contributed by atoms with Crippen molar-refractivity contribution in [2.75, 3.05) is 14.7 Å². The van der Waals surface area contributed by atoms with Crippen LogP contribution in [0.15, 0.2) is 152 Å². The molecule has 3 heterocycles. The van der Waals surface area contributed by atoms with E-state index in [2.05, 4.69) is 237 Å². The fourth-order valence-corrected chi connectivity index (χ4v) is 15.2. The fraction of sp³-hybridized carbons (Fsp3) is 0.304. The molecule has 0 atom stereocenters. The molecule has 3 nitrogen and oxygen atoms in total. The molecular weight excluding hydrogens is 914 g/mol. The molecule has 0 bridgehead atoms. The smallest absolute Gasteiger partial charge is 0.252 e. The quantitative estimate of drug-likeness (QED) is 0.159. The van der Waals surface area contributed by atoms with E-state index >= 15 is 0 Å². The van der Waals surface area contributed by atoms with E-state index in [0.717, 1.165) is 75.9 Å². The van der Waals surface area contributed by atoms with Crippen LogP contribution in [0.25, 0.3) is 20.2 Å². The molecule has 74 heavy (non-hydrogen) atoms. The van der Waals surface area contributed by atoms with Gasteiger partial charge < -0.3 is 14.7 Å². The van der Waals surface area contributed by atoms with Crippen molar-refractivity contribution < 1.29 is 4.11 Å². The third kappa shape index (κ3) is 7.12. The third-order valence-electron chi connectivity index (χ3n) is 17.8. The van der Waals surface area contributed by atoms with Gasteiger partial charge in [-0.1, -0.05) is 149 Å². The maximum absolute atomic E-state index is 9.32. The molecule has 0 fully saturated rings. The Kier molecular flexibility index (Phi) is 9.46. The summed E-state index contributed by atoms with van der Waals surface area (Å²) >= 11 is 1.84. The van der Waals surface area contributed by atoms with E-state index in [9.17, 15) is 4.11 Å². The first-order valence-electron chi connectivity index (χ1n) is 28.5. The molecule has 0 spiro atoms. The molecule has 4 aliphatic rings. The number of hydrogen-bond donors (Lipinski definition) is 0. The first-order chi connectivity index (χ1) is 36.3. The van der Waals surface area contributed by atoms with Gasteiger partial charge in [-0.25, -0.2) is 0 Å². The minimum Gasteiger partial charge on any atom is -0.311 e. The average molecular weight is 987 g/mol. The highest BCUT2D eigenvalue weighted by molar-refractivity contribution is 7.25. The number of aryl methyl sites for hydroxylation is 2. The maximum atomic E-state index is 9.32.